The van der Waals surface area contributed by atoms with Gasteiger partial charge in [0.1, 0.15) is 6.54 Å². The topological polar surface area (TPSA) is 74.8 Å². The zero-order valence-corrected chi connectivity index (χ0v) is 22.1. The van der Waals surface area contributed by atoms with E-state index in [1.807, 2.05) is 6.92 Å². The standard InChI is InChI=1S/C25H21Br2ClN2O4/c1-12-6-8-13(9-7-12)18(31)11-29(23(32)14-4-2-3-5-17(14)28)30-24(33)19-15-10-16(20(19)25(30)34)22(27)21(15)26/h2-9,15-16,19-22H,10-11H2,1H3/t15-,16-,19-,20-,21+,22+/m1/s1. The maximum atomic E-state index is 13.6. The number of hydrogen-bond acceptors (Lipinski definition) is 4. The van der Waals surface area contributed by atoms with E-state index in [1.54, 1.807) is 42.5 Å². The molecule has 6 nitrogen and oxygen atoms in total. The number of fused-ring (bicyclic) bond motifs is 5. The molecule has 34 heavy (non-hydrogen) atoms. The quantitative estimate of drug-likeness (QED) is 0.281. The largest absolute Gasteiger partial charge is 0.292 e. The Balaban J connectivity index is 1.52. The van der Waals surface area contributed by atoms with Crippen molar-refractivity contribution < 1.29 is 19.2 Å². The van der Waals surface area contributed by atoms with Crippen molar-refractivity contribution in [2.24, 2.45) is 23.7 Å². The Kier molecular flexibility index (Phi) is 6.19. The van der Waals surface area contributed by atoms with Crippen molar-refractivity contribution in [1.29, 1.82) is 0 Å². The predicted octanol–water partition coefficient (Wildman–Crippen LogP) is 4.67. The molecule has 0 aromatic heterocycles. The number of alkyl halides is 2. The van der Waals surface area contributed by atoms with E-state index in [-0.39, 0.29) is 37.9 Å². The maximum absolute atomic E-state index is 13.6. The summed E-state index contributed by atoms with van der Waals surface area (Å²) in [5.41, 5.74) is 1.50. The minimum Gasteiger partial charge on any atom is -0.292 e. The summed E-state index contributed by atoms with van der Waals surface area (Å²) in [4.78, 5) is 54.1. The van der Waals surface area contributed by atoms with E-state index >= 15 is 0 Å². The number of hydrazine groups is 1. The third-order valence-electron chi connectivity index (χ3n) is 7.21. The van der Waals surface area contributed by atoms with Crippen molar-refractivity contribution in [1.82, 2.24) is 10.0 Å². The summed E-state index contributed by atoms with van der Waals surface area (Å²) < 4.78 is 0. The number of Topliss-reactive ketones (excluding diaryl/α,β-unsaturated/α-hetero) is 1. The molecule has 3 fully saturated rings. The third kappa shape index (κ3) is 3.65. The molecule has 0 spiro atoms. The van der Waals surface area contributed by atoms with Gasteiger partial charge in [0.2, 0.25) is 0 Å². The van der Waals surface area contributed by atoms with Gasteiger partial charge in [-0.05, 0) is 37.3 Å². The Morgan fingerprint density at radius 1 is 0.971 bits per heavy atom. The van der Waals surface area contributed by atoms with E-state index in [9.17, 15) is 19.2 Å². The number of benzene rings is 2. The number of carbonyl (C=O) groups excluding carboxylic acids is 4. The number of nitrogens with zero attached hydrogens (tertiary/aromatic N) is 2. The molecular formula is C25H21Br2ClN2O4. The van der Waals surface area contributed by atoms with Gasteiger partial charge in [0, 0.05) is 15.2 Å². The van der Waals surface area contributed by atoms with Gasteiger partial charge in [-0.3, -0.25) is 19.2 Å². The average Bonchev–Trinajstić information content (AvgIpc) is 3.43. The van der Waals surface area contributed by atoms with Crippen LogP contribution in [-0.4, -0.2) is 49.7 Å². The number of amides is 3. The van der Waals surface area contributed by atoms with E-state index in [0.717, 1.165) is 22.0 Å². The first-order valence-electron chi connectivity index (χ1n) is 11.0. The molecule has 1 heterocycles. The number of carbonyl (C=O) groups is 4. The minimum absolute atomic E-state index is 0.00843. The molecule has 3 amide bonds. The predicted molar refractivity (Wildman–Crippen MR) is 134 cm³/mol. The van der Waals surface area contributed by atoms with Gasteiger partial charge in [-0.15, -0.1) is 0 Å². The molecule has 2 aliphatic carbocycles. The number of imide groups is 1. The fraction of sp³-hybridized carbons (Fsp3) is 0.360. The minimum atomic E-state index is -0.661. The molecule has 2 bridgehead atoms. The van der Waals surface area contributed by atoms with Crippen LogP contribution in [0.15, 0.2) is 48.5 Å². The molecule has 3 aliphatic rings. The molecule has 0 N–H and O–H groups in total. The Bertz CT molecular complexity index is 1170. The normalized spacial score (nSPS) is 29.5. The Hall–Kier alpha value is -2.03. The number of rotatable bonds is 5. The van der Waals surface area contributed by atoms with Crippen LogP contribution < -0.4 is 0 Å². The van der Waals surface area contributed by atoms with Crippen molar-refractivity contribution >= 4 is 67.0 Å². The van der Waals surface area contributed by atoms with E-state index < -0.39 is 36.1 Å². The lowest BCUT2D eigenvalue weighted by molar-refractivity contribution is -0.154. The first-order valence-corrected chi connectivity index (χ1v) is 13.2. The highest BCUT2D eigenvalue weighted by molar-refractivity contribution is 9.12. The highest BCUT2D eigenvalue weighted by Gasteiger charge is 2.67. The molecule has 0 radical (unpaired) electrons. The Morgan fingerprint density at radius 2 is 1.53 bits per heavy atom. The van der Waals surface area contributed by atoms with Crippen LogP contribution in [0.1, 0.15) is 32.7 Å². The summed E-state index contributed by atoms with van der Waals surface area (Å²) in [6.07, 6.45) is 0.771. The Labute approximate surface area is 218 Å². The smallest absolute Gasteiger partial charge is 0.274 e. The summed E-state index contributed by atoms with van der Waals surface area (Å²) in [7, 11) is 0. The van der Waals surface area contributed by atoms with Gasteiger partial charge in [-0.2, -0.15) is 5.01 Å². The van der Waals surface area contributed by atoms with E-state index in [4.69, 9.17) is 11.6 Å². The summed E-state index contributed by atoms with van der Waals surface area (Å²) in [6, 6.07) is 13.3. The molecule has 1 aliphatic heterocycles. The molecule has 9 heteroatoms. The number of aryl methyl sites for hydroxylation is 1. The fourth-order valence-corrected chi connectivity index (χ4v) is 7.63. The lowest BCUT2D eigenvalue weighted by Crippen LogP contribution is -2.52. The summed E-state index contributed by atoms with van der Waals surface area (Å²) in [5.74, 6) is -2.93. The highest BCUT2D eigenvalue weighted by Crippen LogP contribution is 2.60. The lowest BCUT2D eigenvalue weighted by Gasteiger charge is -2.31. The van der Waals surface area contributed by atoms with Crippen molar-refractivity contribution in [3.63, 3.8) is 0 Å². The van der Waals surface area contributed by atoms with Crippen molar-refractivity contribution in [2.75, 3.05) is 6.54 Å². The highest BCUT2D eigenvalue weighted by atomic mass is 79.9. The average molecular weight is 609 g/mol. The number of halogens is 3. The molecule has 176 valence electrons. The Morgan fingerprint density at radius 3 is 2.09 bits per heavy atom. The van der Waals surface area contributed by atoms with Gasteiger partial charge in [0.05, 0.1) is 22.4 Å². The molecule has 5 rings (SSSR count). The zero-order chi connectivity index (χ0) is 24.3. The second-order valence-electron chi connectivity index (χ2n) is 9.12. The van der Waals surface area contributed by atoms with Crippen LogP contribution in [0.3, 0.4) is 0 Å². The number of hydrogen-bond donors (Lipinski definition) is 0. The van der Waals surface area contributed by atoms with Crippen LogP contribution in [0, 0.1) is 30.6 Å². The second-order valence-corrected chi connectivity index (χ2v) is 11.6. The van der Waals surface area contributed by atoms with E-state index in [0.29, 0.717) is 5.56 Å². The van der Waals surface area contributed by atoms with Crippen molar-refractivity contribution in [3.05, 3.63) is 70.2 Å². The van der Waals surface area contributed by atoms with Gasteiger partial charge in [0.25, 0.3) is 17.7 Å². The first-order chi connectivity index (χ1) is 16.2. The van der Waals surface area contributed by atoms with Gasteiger partial charge in [-0.1, -0.05) is 85.4 Å². The van der Waals surface area contributed by atoms with Gasteiger partial charge in [0.15, 0.2) is 5.78 Å². The number of ketones is 1. The van der Waals surface area contributed by atoms with Crippen LogP contribution >= 0.6 is 43.5 Å². The molecular weight excluding hydrogens is 588 g/mol. The van der Waals surface area contributed by atoms with Crippen LogP contribution in [0.25, 0.3) is 0 Å². The molecule has 2 aromatic rings. The summed E-state index contributed by atoms with van der Waals surface area (Å²) in [6.45, 7) is 1.46. The van der Waals surface area contributed by atoms with Crippen LogP contribution in [0.5, 0.6) is 0 Å². The molecule has 1 saturated heterocycles. The molecule has 0 unspecified atom stereocenters. The molecule has 2 saturated carbocycles. The van der Waals surface area contributed by atoms with Crippen molar-refractivity contribution in [3.8, 4) is 0 Å². The lowest BCUT2D eigenvalue weighted by atomic mass is 9.81. The SMILES string of the molecule is Cc1ccc(C(=O)CN(C(=O)c2ccccc2Cl)N2C(=O)[C@@H]3[C@H]4C[C@@H]([C@H](Br)[C@H]4Br)[C@H]3C2=O)cc1. The summed E-state index contributed by atoms with van der Waals surface area (Å²) in [5, 5.41) is 2.08. The van der Waals surface area contributed by atoms with Crippen LogP contribution in [0.2, 0.25) is 5.02 Å². The van der Waals surface area contributed by atoms with Gasteiger partial charge >= 0.3 is 0 Å². The third-order valence-corrected chi connectivity index (χ3v) is 10.7. The molecule has 2 aromatic carbocycles. The van der Waals surface area contributed by atoms with Crippen LogP contribution in [-0.2, 0) is 9.59 Å². The molecule has 6 atom stereocenters. The fourth-order valence-electron chi connectivity index (χ4n) is 5.54. The first kappa shape index (κ1) is 23.7. The summed E-state index contributed by atoms with van der Waals surface area (Å²) >= 11 is 13.6. The van der Waals surface area contributed by atoms with E-state index in [1.165, 1.54) is 6.07 Å². The van der Waals surface area contributed by atoms with Crippen LogP contribution in [0.4, 0.5) is 0 Å². The monoisotopic (exact) mass is 606 g/mol. The van der Waals surface area contributed by atoms with E-state index in [2.05, 4.69) is 31.9 Å². The van der Waals surface area contributed by atoms with Crippen molar-refractivity contribution in [2.45, 2.75) is 23.0 Å². The van der Waals surface area contributed by atoms with Gasteiger partial charge < -0.3 is 0 Å². The second kappa shape index (κ2) is 8.88. The maximum Gasteiger partial charge on any atom is 0.274 e. The zero-order valence-electron chi connectivity index (χ0n) is 18.2. The van der Waals surface area contributed by atoms with Gasteiger partial charge in [-0.25, -0.2) is 5.01 Å².